The molecule has 20 heavy (non-hydrogen) atoms. The molecular weight excluding hydrogens is 385 g/mol. The molecule has 0 aliphatic heterocycles. The number of nitrogens with zero attached hydrogens (tertiary/aromatic N) is 2. The fourth-order valence-electron chi connectivity index (χ4n) is 1.46. The lowest BCUT2D eigenvalue weighted by molar-refractivity contribution is -0.136. The average molecular weight is 396 g/mol. The Hall–Kier alpha value is -0.380. The van der Waals surface area contributed by atoms with E-state index in [1.54, 1.807) is 6.92 Å². The zero-order valence-corrected chi connectivity index (χ0v) is 13.4. The van der Waals surface area contributed by atoms with Crippen molar-refractivity contribution in [2.24, 2.45) is 0 Å². The minimum Gasteiger partial charge on any atom is -0.242 e. The lowest BCUT2D eigenvalue weighted by atomic mass is 10.5. The summed E-state index contributed by atoms with van der Waals surface area (Å²) in [4.78, 5) is 3.16. The second-order valence-corrected chi connectivity index (χ2v) is 7.08. The van der Waals surface area contributed by atoms with E-state index in [1.165, 1.54) is 6.20 Å². The zero-order chi connectivity index (χ0) is 15.6. The maximum atomic E-state index is 12.5. The molecule has 1 aromatic heterocycles. The lowest BCUT2D eigenvalue weighted by Gasteiger charge is -2.23. The quantitative estimate of drug-likeness (QED) is 0.718. The van der Waals surface area contributed by atoms with Gasteiger partial charge in [0.2, 0.25) is 10.0 Å². The highest BCUT2D eigenvalue weighted by Crippen LogP contribution is 2.28. The maximum absolute atomic E-state index is 12.5. The van der Waals surface area contributed by atoms with Crippen LogP contribution in [0.15, 0.2) is 21.6 Å². The van der Waals surface area contributed by atoms with Crippen LogP contribution in [0.1, 0.15) is 13.3 Å². The van der Waals surface area contributed by atoms with E-state index in [9.17, 15) is 21.6 Å². The molecule has 0 unspecified atom stereocenters. The van der Waals surface area contributed by atoms with Gasteiger partial charge in [-0.2, -0.15) is 17.5 Å². The predicted octanol–water partition coefficient (Wildman–Crippen LogP) is 3.46. The number of hydrogen-bond acceptors (Lipinski definition) is 3. The molecule has 0 atom stereocenters. The Bertz CT molecular complexity index is 580. The minimum absolute atomic E-state index is 0.244. The van der Waals surface area contributed by atoms with Crippen LogP contribution in [0.25, 0.3) is 0 Å². The van der Waals surface area contributed by atoms with Gasteiger partial charge in [-0.15, -0.1) is 0 Å². The highest BCUT2D eigenvalue weighted by Gasteiger charge is 2.37. The van der Waals surface area contributed by atoms with Crippen molar-refractivity contribution in [2.75, 3.05) is 13.1 Å². The normalized spacial score (nSPS) is 12.9. The standard InChI is InChI=1S/C10H11BrClF3N2O2S/c1-2-3-17(6-10(13,14)15)20(18,19)8-4-7(11)5-16-9(8)12/h4-5H,2-3,6H2,1H3. The molecule has 0 aliphatic carbocycles. The monoisotopic (exact) mass is 394 g/mol. The summed E-state index contributed by atoms with van der Waals surface area (Å²) < 4.78 is 62.6. The van der Waals surface area contributed by atoms with Gasteiger partial charge in [0.05, 0.1) is 0 Å². The fraction of sp³-hybridized carbons (Fsp3) is 0.500. The van der Waals surface area contributed by atoms with Gasteiger partial charge in [0, 0.05) is 17.2 Å². The second kappa shape index (κ2) is 6.59. The summed E-state index contributed by atoms with van der Waals surface area (Å²) in [6.45, 7) is -0.240. The van der Waals surface area contributed by atoms with Crippen molar-refractivity contribution >= 4 is 37.6 Å². The Labute approximate surface area is 128 Å². The SMILES string of the molecule is CCCN(CC(F)(F)F)S(=O)(=O)c1cc(Br)cnc1Cl. The van der Waals surface area contributed by atoms with Crippen molar-refractivity contribution < 1.29 is 21.6 Å². The van der Waals surface area contributed by atoms with Gasteiger partial charge in [-0.25, -0.2) is 13.4 Å². The Morgan fingerprint density at radius 3 is 2.55 bits per heavy atom. The molecule has 0 saturated heterocycles. The Morgan fingerprint density at radius 1 is 1.45 bits per heavy atom. The first-order chi connectivity index (χ1) is 9.08. The Kier molecular flexibility index (Phi) is 5.82. The Balaban J connectivity index is 3.26. The summed E-state index contributed by atoms with van der Waals surface area (Å²) in [5.41, 5.74) is 0. The molecule has 1 heterocycles. The van der Waals surface area contributed by atoms with Gasteiger partial charge in [0.25, 0.3) is 0 Å². The summed E-state index contributed by atoms with van der Waals surface area (Å²) in [5, 5.41) is -0.364. The summed E-state index contributed by atoms with van der Waals surface area (Å²) in [6, 6.07) is 1.13. The van der Waals surface area contributed by atoms with Crippen molar-refractivity contribution in [2.45, 2.75) is 24.4 Å². The number of aromatic nitrogens is 1. The van der Waals surface area contributed by atoms with Gasteiger partial charge < -0.3 is 0 Å². The molecule has 1 rings (SSSR count). The first-order valence-electron chi connectivity index (χ1n) is 5.46. The maximum Gasteiger partial charge on any atom is 0.402 e. The van der Waals surface area contributed by atoms with Gasteiger partial charge in [0.1, 0.15) is 16.6 Å². The third-order valence-electron chi connectivity index (χ3n) is 2.22. The van der Waals surface area contributed by atoms with Crippen LogP contribution >= 0.6 is 27.5 Å². The van der Waals surface area contributed by atoms with Crippen LogP contribution < -0.4 is 0 Å². The molecule has 1 aromatic rings. The van der Waals surface area contributed by atoms with Crippen LogP contribution in [0.4, 0.5) is 13.2 Å². The van der Waals surface area contributed by atoms with Crippen molar-refractivity contribution in [1.29, 1.82) is 0 Å². The molecule has 4 nitrogen and oxygen atoms in total. The smallest absolute Gasteiger partial charge is 0.242 e. The minimum atomic E-state index is -4.63. The van der Waals surface area contributed by atoms with Gasteiger partial charge in [-0.3, -0.25) is 0 Å². The number of hydrogen-bond donors (Lipinski definition) is 0. The molecule has 0 aliphatic rings. The van der Waals surface area contributed by atoms with E-state index < -0.39 is 27.6 Å². The first-order valence-corrected chi connectivity index (χ1v) is 8.07. The largest absolute Gasteiger partial charge is 0.402 e. The highest BCUT2D eigenvalue weighted by molar-refractivity contribution is 9.10. The van der Waals surface area contributed by atoms with Crippen LogP contribution in [0.3, 0.4) is 0 Å². The molecule has 0 saturated carbocycles. The fourth-order valence-corrected chi connectivity index (χ4v) is 3.90. The van der Waals surface area contributed by atoms with E-state index in [4.69, 9.17) is 11.6 Å². The summed E-state index contributed by atoms with van der Waals surface area (Å²) in [5.74, 6) is 0. The van der Waals surface area contributed by atoms with E-state index in [0.717, 1.165) is 6.07 Å². The average Bonchev–Trinajstić information content (AvgIpc) is 2.30. The lowest BCUT2D eigenvalue weighted by Crippen LogP contribution is -2.39. The number of alkyl halides is 3. The van der Waals surface area contributed by atoms with Crippen LogP contribution in [0.2, 0.25) is 5.15 Å². The van der Waals surface area contributed by atoms with E-state index >= 15 is 0 Å². The first kappa shape index (κ1) is 17.7. The predicted molar refractivity (Wildman–Crippen MR) is 72.1 cm³/mol. The van der Waals surface area contributed by atoms with E-state index in [-0.39, 0.29) is 18.1 Å². The molecule has 0 N–H and O–H groups in total. The van der Waals surface area contributed by atoms with Crippen molar-refractivity contribution in [3.05, 3.63) is 21.9 Å². The second-order valence-electron chi connectivity index (χ2n) is 3.90. The molecule has 114 valence electrons. The third-order valence-corrected chi connectivity index (χ3v) is 4.93. The van der Waals surface area contributed by atoms with E-state index in [2.05, 4.69) is 20.9 Å². The summed E-state index contributed by atoms with van der Waals surface area (Å²) >= 11 is 8.69. The number of rotatable bonds is 5. The van der Waals surface area contributed by atoms with Gasteiger partial charge in [-0.1, -0.05) is 18.5 Å². The van der Waals surface area contributed by atoms with Gasteiger partial charge >= 0.3 is 6.18 Å². The molecule has 0 radical (unpaired) electrons. The number of sulfonamides is 1. The molecule has 0 amide bonds. The zero-order valence-electron chi connectivity index (χ0n) is 10.3. The van der Waals surface area contributed by atoms with Crippen LogP contribution in [-0.2, 0) is 10.0 Å². The van der Waals surface area contributed by atoms with Crippen molar-refractivity contribution in [3.8, 4) is 0 Å². The van der Waals surface area contributed by atoms with Gasteiger partial charge in [-0.05, 0) is 28.4 Å². The molecule has 0 fully saturated rings. The molecule has 0 bridgehead atoms. The summed E-state index contributed by atoms with van der Waals surface area (Å²) in [6.07, 6.45) is -3.13. The molecule has 10 heteroatoms. The Morgan fingerprint density at radius 2 is 2.05 bits per heavy atom. The number of halogens is 5. The van der Waals surface area contributed by atoms with Crippen molar-refractivity contribution in [3.63, 3.8) is 0 Å². The highest BCUT2D eigenvalue weighted by atomic mass is 79.9. The molecule has 0 spiro atoms. The summed E-state index contributed by atoms with van der Waals surface area (Å²) in [7, 11) is -4.36. The van der Waals surface area contributed by atoms with Crippen LogP contribution in [0.5, 0.6) is 0 Å². The van der Waals surface area contributed by atoms with Gasteiger partial charge in [0.15, 0.2) is 0 Å². The van der Waals surface area contributed by atoms with E-state index in [1.807, 2.05) is 0 Å². The molecule has 0 aromatic carbocycles. The molecular formula is C10H11BrClF3N2O2S. The number of pyridine rings is 1. The van der Waals surface area contributed by atoms with E-state index in [0.29, 0.717) is 8.78 Å². The van der Waals surface area contributed by atoms with Crippen molar-refractivity contribution in [1.82, 2.24) is 9.29 Å². The van der Waals surface area contributed by atoms with Crippen LogP contribution in [0, 0.1) is 0 Å². The third kappa shape index (κ3) is 4.57. The topological polar surface area (TPSA) is 50.3 Å². The van der Waals surface area contributed by atoms with Crippen LogP contribution in [-0.4, -0.2) is 37.0 Å².